The van der Waals surface area contributed by atoms with Crippen LogP contribution in [0.15, 0.2) is 48.9 Å². The Bertz CT molecular complexity index is 1070. The van der Waals surface area contributed by atoms with E-state index in [1.54, 1.807) is 16.7 Å². The summed E-state index contributed by atoms with van der Waals surface area (Å²) >= 11 is 0. The second kappa shape index (κ2) is 6.86. The van der Waals surface area contributed by atoms with Gasteiger partial charge in [-0.05, 0) is 48.6 Å². The number of sulfonamides is 1. The fraction of sp³-hybridized carbons (Fsp3) is 0.400. The Morgan fingerprint density at radius 1 is 1.00 bits per heavy atom. The Labute approximate surface area is 164 Å². The van der Waals surface area contributed by atoms with Crippen LogP contribution in [0, 0.1) is 0 Å². The van der Waals surface area contributed by atoms with Crippen molar-refractivity contribution < 1.29 is 8.42 Å². The lowest BCUT2D eigenvalue weighted by Gasteiger charge is -2.42. The quantitative estimate of drug-likeness (QED) is 0.731. The van der Waals surface area contributed by atoms with Gasteiger partial charge < -0.3 is 9.88 Å². The standard InChI is InChI=1S/C20H23N5O2S/c26-28(27,16-13-24(14-16)19-5-1-2-8-21-19)25-10-6-15(7-11-25)18-12-23-20-17(18)4-3-9-22-20/h1-5,8-9,12,15-16H,6-7,10-11,13-14H2,(H,22,23). The summed E-state index contributed by atoms with van der Waals surface area (Å²) in [5.41, 5.74) is 2.15. The highest BCUT2D eigenvalue weighted by molar-refractivity contribution is 7.89. The molecule has 0 unspecified atom stereocenters. The van der Waals surface area contributed by atoms with Crippen LogP contribution in [0.25, 0.3) is 11.0 Å². The summed E-state index contributed by atoms with van der Waals surface area (Å²) < 4.78 is 27.7. The predicted molar refractivity (Wildman–Crippen MR) is 109 cm³/mol. The number of anilines is 1. The zero-order chi connectivity index (χ0) is 19.1. The molecule has 5 heterocycles. The summed E-state index contributed by atoms with van der Waals surface area (Å²) in [4.78, 5) is 13.9. The van der Waals surface area contributed by atoms with Crippen molar-refractivity contribution in [3.8, 4) is 0 Å². The molecule has 2 aliphatic rings. The van der Waals surface area contributed by atoms with E-state index in [1.165, 1.54) is 5.56 Å². The van der Waals surface area contributed by atoms with Crippen LogP contribution >= 0.6 is 0 Å². The van der Waals surface area contributed by atoms with Gasteiger partial charge in [0.05, 0.1) is 0 Å². The Hall–Kier alpha value is -2.45. The first-order valence-corrected chi connectivity index (χ1v) is 11.2. The van der Waals surface area contributed by atoms with Crippen LogP contribution in [0.4, 0.5) is 5.82 Å². The molecule has 0 saturated carbocycles. The summed E-state index contributed by atoms with van der Waals surface area (Å²) in [5, 5.41) is 0.817. The SMILES string of the molecule is O=S(=O)(C1CN(c2ccccn2)C1)N1CCC(c2c[nH]c3ncccc23)CC1. The molecule has 0 amide bonds. The number of pyridine rings is 2. The van der Waals surface area contributed by atoms with Crippen molar-refractivity contribution in [2.45, 2.75) is 24.0 Å². The van der Waals surface area contributed by atoms with Gasteiger partial charge in [0.25, 0.3) is 0 Å². The number of aromatic nitrogens is 3. The summed E-state index contributed by atoms with van der Waals surface area (Å²) in [7, 11) is -3.26. The smallest absolute Gasteiger partial charge is 0.220 e. The number of H-pyrrole nitrogens is 1. The minimum atomic E-state index is -3.26. The van der Waals surface area contributed by atoms with E-state index in [2.05, 4.69) is 21.0 Å². The van der Waals surface area contributed by atoms with Crippen molar-refractivity contribution >= 4 is 26.9 Å². The summed E-state index contributed by atoms with van der Waals surface area (Å²) in [6.07, 6.45) is 7.24. The zero-order valence-corrected chi connectivity index (χ0v) is 16.3. The lowest BCUT2D eigenvalue weighted by Crippen LogP contribution is -2.59. The molecule has 0 aliphatic carbocycles. The third-order valence-electron chi connectivity index (χ3n) is 5.98. The van der Waals surface area contributed by atoms with Gasteiger partial charge in [-0.3, -0.25) is 0 Å². The van der Waals surface area contributed by atoms with Gasteiger partial charge in [0, 0.05) is 50.2 Å². The molecule has 28 heavy (non-hydrogen) atoms. The number of piperidine rings is 1. The molecular formula is C20H23N5O2S. The fourth-order valence-corrected chi connectivity index (χ4v) is 6.18. The Morgan fingerprint density at radius 3 is 2.54 bits per heavy atom. The zero-order valence-electron chi connectivity index (χ0n) is 15.5. The molecular weight excluding hydrogens is 374 g/mol. The second-order valence-electron chi connectivity index (χ2n) is 7.58. The number of hydrogen-bond donors (Lipinski definition) is 1. The van der Waals surface area contributed by atoms with Gasteiger partial charge in [-0.2, -0.15) is 0 Å². The second-order valence-corrected chi connectivity index (χ2v) is 9.79. The first-order chi connectivity index (χ1) is 13.6. The Kier molecular flexibility index (Phi) is 4.32. The molecule has 3 aromatic rings. The van der Waals surface area contributed by atoms with Crippen LogP contribution < -0.4 is 4.90 Å². The molecule has 2 saturated heterocycles. The predicted octanol–water partition coefficient (Wildman–Crippen LogP) is 2.36. The maximum absolute atomic E-state index is 13.0. The maximum Gasteiger partial charge on any atom is 0.220 e. The highest BCUT2D eigenvalue weighted by atomic mass is 32.2. The van der Waals surface area contributed by atoms with Gasteiger partial charge >= 0.3 is 0 Å². The first kappa shape index (κ1) is 17.6. The Balaban J connectivity index is 1.23. The van der Waals surface area contributed by atoms with Crippen LogP contribution in [-0.4, -0.2) is 59.1 Å². The van der Waals surface area contributed by atoms with E-state index < -0.39 is 10.0 Å². The van der Waals surface area contributed by atoms with E-state index in [0.29, 0.717) is 32.1 Å². The van der Waals surface area contributed by atoms with Gasteiger partial charge in [-0.25, -0.2) is 22.7 Å². The minimum Gasteiger partial charge on any atom is -0.354 e. The third kappa shape index (κ3) is 2.97. The molecule has 8 heteroatoms. The maximum atomic E-state index is 13.0. The van der Waals surface area contributed by atoms with E-state index in [4.69, 9.17) is 0 Å². The van der Waals surface area contributed by atoms with Gasteiger partial charge in [0.2, 0.25) is 10.0 Å². The molecule has 0 spiro atoms. The lowest BCUT2D eigenvalue weighted by molar-refractivity contribution is 0.313. The number of rotatable bonds is 4. The van der Waals surface area contributed by atoms with Gasteiger partial charge in [-0.1, -0.05) is 6.07 Å². The monoisotopic (exact) mass is 397 g/mol. The van der Waals surface area contributed by atoms with Crippen LogP contribution in [0.2, 0.25) is 0 Å². The molecule has 3 aromatic heterocycles. The van der Waals surface area contributed by atoms with E-state index in [9.17, 15) is 8.42 Å². The molecule has 1 N–H and O–H groups in total. The lowest BCUT2D eigenvalue weighted by atomic mass is 9.90. The van der Waals surface area contributed by atoms with Crippen molar-refractivity contribution in [1.82, 2.24) is 19.3 Å². The normalized spacial score (nSPS) is 19.8. The average Bonchev–Trinajstić information content (AvgIpc) is 3.12. The van der Waals surface area contributed by atoms with Crippen LogP contribution in [0.1, 0.15) is 24.3 Å². The first-order valence-electron chi connectivity index (χ1n) is 9.70. The number of fused-ring (bicyclic) bond motifs is 1. The topological polar surface area (TPSA) is 82.2 Å². The van der Waals surface area contributed by atoms with Crippen molar-refractivity contribution in [3.05, 3.63) is 54.5 Å². The van der Waals surface area contributed by atoms with Gasteiger partial charge in [0.1, 0.15) is 16.7 Å². The van der Waals surface area contributed by atoms with E-state index in [-0.39, 0.29) is 5.25 Å². The summed E-state index contributed by atoms with van der Waals surface area (Å²) in [5.74, 6) is 1.22. The molecule has 0 radical (unpaired) electrons. The molecule has 7 nitrogen and oxygen atoms in total. The minimum absolute atomic E-state index is 0.330. The highest BCUT2D eigenvalue weighted by Crippen LogP contribution is 2.34. The van der Waals surface area contributed by atoms with Crippen molar-refractivity contribution in [1.29, 1.82) is 0 Å². The highest BCUT2D eigenvalue weighted by Gasteiger charge is 2.42. The van der Waals surface area contributed by atoms with E-state index >= 15 is 0 Å². The number of nitrogens with zero attached hydrogens (tertiary/aromatic N) is 4. The third-order valence-corrected chi connectivity index (χ3v) is 8.20. The van der Waals surface area contributed by atoms with Crippen LogP contribution in [-0.2, 0) is 10.0 Å². The number of nitrogens with one attached hydrogen (secondary N) is 1. The Morgan fingerprint density at radius 2 is 1.79 bits per heavy atom. The molecule has 2 aliphatic heterocycles. The largest absolute Gasteiger partial charge is 0.354 e. The number of hydrogen-bond acceptors (Lipinski definition) is 5. The molecule has 0 bridgehead atoms. The number of aromatic amines is 1. The molecule has 0 aromatic carbocycles. The summed E-state index contributed by atoms with van der Waals surface area (Å²) in [6, 6.07) is 9.74. The molecule has 5 rings (SSSR count). The van der Waals surface area contributed by atoms with Crippen molar-refractivity contribution in [2.24, 2.45) is 0 Å². The average molecular weight is 398 g/mol. The van der Waals surface area contributed by atoms with E-state index in [1.807, 2.05) is 35.4 Å². The van der Waals surface area contributed by atoms with Crippen LogP contribution in [0.5, 0.6) is 0 Å². The van der Waals surface area contributed by atoms with E-state index in [0.717, 1.165) is 29.7 Å². The fourth-order valence-electron chi connectivity index (χ4n) is 4.30. The molecule has 2 fully saturated rings. The summed E-state index contributed by atoms with van der Waals surface area (Å²) in [6.45, 7) is 2.21. The molecule has 0 atom stereocenters. The van der Waals surface area contributed by atoms with Crippen molar-refractivity contribution in [3.63, 3.8) is 0 Å². The van der Waals surface area contributed by atoms with Gasteiger partial charge in [-0.15, -0.1) is 0 Å². The van der Waals surface area contributed by atoms with Crippen LogP contribution in [0.3, 0.4) is 0 Å². The van der Waals surface area contributed by atoms with Crippen molar-refractivity contribution in [2.75, 3.05) is 31.1 Å². The van der Waals surface area contributed by atoms with Gasteiger partial charge in [0.15, 0.2) is 0 Å². The molecule has 146 valence electrons.